The summed E-state index contributed by atoms with van der Waals surface area (Å²) in [5, 5.41) is 23.6. The van der Waals surface area contributed by atoms with Crippen molar-refractivity contribution in [2.75, 3.05) is 5.32 Å². The van der Waals surface area contributed by atoms with Gasteiger partial charge in [-0.2, -0.15) is 10.5 Å². The van der Waals surface area contributed by atoms with Gasteiger partial charge >= 0.3 is 0 Å². The largest absolute Gasteiger partial charge is 0.375 e. The smallest absolute Gasteiger partial charge is 0.135 e. The van der Waals surface area contributed by atoms with E-state index in [1.165, 1.54) is 0 Å². The molecule has 0 bridgehead atoms. The van der Waals surface area contributed by atoms with Crippen LogP contribution in [-0.4, -0.2) is 4.75 Å². The zero-order valence-corrected chi connectivity index (χ0v) is 16.5. The van der Waals surface area contributed by atoms with Crippen LogP contribution in [0.4, 0.5) is 5.69 Å². The normalized spacial score (nSPS) is 20.3. The Morgan fingerprint density at radius 2 is 1.68 bits per heavy atom. The van der Waals surface area contributed by atoms with Crippen LogP contribution in [-0.2, 0) is 6.42 Å². The Morgan fingerprint density at radius 1 is 0.964 bits per heavy atom. The molecule has 0 amide bonds. The summed E-state index contributed by atoms with van der Waals surface area (Å²) in [5.41, 5.74) is 3.68. The van der Waals surface area contributed by atoms with E-state index >= 15 is 0 Å². The Bertz CT molecular complexity index is 1080. The van der Waals surface area contributed by atoms with E-state index in [0.717, 1.165) is 21.7 Å². The molecule has 3 aromatic carbocycles. The quantitative estimate of drug-likeness (QED) is 0.586. The number of anilines is 1. The second-order valence-electron chi connectivity index (χ2n) is 6.71. The summed E-state index contributed by atoms with van der Waals surface area (Å²) < 4.78 is -0.740. The molecule has 1 N–H and O–H groups in total. The molecular weight excluding hydrogens is 386 g/mol. The van der Waals surface area contributed by atoms with Crippen molar-refractivity contribution < 1.29 is 0 Å². The van der Waals surface area contributed by atoms with Crippen LogP contribution >= 0.6 is 23.4 Å². The molecule has 2 atom stereocenters. The Balaban J connectivity index is 1.79. The third-order valence-corrected chi connectivity index (χ3v) is 6.55. The third-order valence-electron chi connectivity index (χ3n) is 4.89. The van der Waals surface area contributed by atoms with Crippen LogP contribution in [0.25, 0.3) is 0 Å². The first kappa shape index (κ1) is 18.4. The topological polar surface area (TPSA) is 59.6 Å². The van der Waals surface area contributed by atoms with E-state index in [9.17, 15) is 5.26 Å². The average Bonchev–Trinajstić information content (AvgIpc) is 2.74. The number of fused-ring (bicyclic) bond motifs is 1. The standard InChI is InChI=1S/C23H16ClN3S/c24-19-11-9-18(10-12-19)22-23(15-26,13-16-5-7-17(14-25)8-6-16)28-21-4-2-1-3-20(21)27-22/h1-12,22,27H,13H2. The minimum atomic E-state index is -0.740. The molecule has 0 spiro atoms. The van der Waals surface area contributed by atoms with Crippen LogP contribution < -0.4 is 5.32 Å². The van der Waals surface area contributed by atoms with Crippen molar-refractivity contribution in [3.8, 4) is 12.1 Å². The Morgan fingerprint density at radius 3 is 2.36 bits per heavy atom. The highest BCUT2D eigenvalue weighted by molar-refractivity contribution is 8.01. The van der Waals surface area contributed by atoms with Gasteiger partial charge in [0.05, 0.1) is 23.7 Å². The summed E-state index contributed by atoms with van der Waals surface area (Å²) >= 11 is 7.67. The molecule has 2 unspecified atom stereocenters. The van der Waals surface area contributed by atoms with Crippen molar-refractivity contribution in [2.45, 2.75) is 22.1 Å². The monoisotopic (exact) mass is 401 g/mol. The van der Waals surface area contributed by atoms with Crippen molar-refractivity contribution in [1.82, 2.24) is 0 Å². The fraction of sp³-hybridized carbons (Fsp3) is 0.130. The molecule has 0 fully saturated rings. The van der Waals surface area contributed by atoms with E-state index < -0.39 is 4.75 Å². The number of nitriles is 2. The molecule has 4 rings (SSSR count). The maximum Gasteiger partial charge on any atom is 0.135 e. The van der Waals surface area contributed by atoms with E-state index in [-0.39, 0.29) is 6.04 Å². The van der Waals surface area contributed by atoms with Crippen LogP contribution in [0, 0.1) is 22.7 Å². The van der Waals surface area contributed by atoms with Gasteiger partial charge in [-0.05, 0) is 47.5 Å². The number of nitrogens with zero attached hydrogens (tertiary/aromatic N) is 2. The van der Waals surface area contributed by atoms with Crippen molar-refractivity contribution in [1.29, 1.82) is 10.5 Å². The lowest BCUT2D eigenvalue weighted by Crippen LogP contribution is -2.41. The summed E-state index contributed by atoms with van der Waals surface area (Å²) in [4.78, 5) is 1.06. The number of benzene rings is 3. The molecule has 3 aromatic rings. The Hall–Kier alpha value is -2.92. The molecule has 0 saturated carbocycles. The van der Waals surface area contributed by atoms with Crippen LogP contribution in [0.15, 0.2) is 77.7 Å². The molecule has 136 valence electrons. The van der Waals surface area contributed by atoms with E-state index in [1.807, 2.05) is 60.7 Å². The predicted molar refractivity (Wildman–Crippen MR) is 113 cm³/mol. The summed E-state index contributed by atoms with van der Waals surface area (Å²) in [6, 6.07) is 27.7. The van der Waals surface area contributed by atoms with Crippen LogP contribution in [0.3, 0.4) is 0 Å². The molecule has 0 aliphatic carbocycles. The molecule has 0 radical (unpaired) electrons. The highest BCUT2D eigenvalue weighted by Crippen LogP contribution is 2.52. The first-order chi connectivity index (χ1) is 13.6. The van der Waals surface area contributed by atoms with Crippen LogP contribution in [0.2, 0.25) is 5.02 Å². The van der Waals surface area contributed by atoms with Gasteiger partial charge in [-0.3, -0.25) is 0 Å². The van der Waals surface area contributed by atoms with Gasteiger partial charge in [0.15, 0.2) is 0 Å². The predicted octanol–water partition coefficient (Wildman–Crippen LogP) is 5.98. The Labute approximate surface area is 173 Å². The number of hydrogen-bond donors (Lipinski definition) is 1. The van der Waals surface area contributed by atoms with Crippen molar-refractivity contribution in [3.05, 3.63) is 94.5 Å². The second-order valence-corrected chi connectivity index (χ2v) is 8.52. The minimum Gasteiger partial charge on any atom is -0.375 e. The number of rotatable bonds is 3. The summed E-state index contributed by atoms with van der Waals surface area (Å²) in [6.07, 6.45) is 0.550. The molecule has 5 heteroatoms. The van der Waals surface area contributed by atoms with Gasteiger partial charge in [-0.25, -0.2) is 0 Å². The van der Waals surface area contributed by atoms with E-state index in [2.05, 4.69) is 17.5 Å². The van der Waals surface area contributed by atoms with Gasteiger partial charge in [0.25, 0.3) is 0 Å². The minimum absolute atomic E-state index is 0.203. The highest BCUT2D eigenvalue weighted by Gasteiger charge is 2.45. The molecule has 1 aliphatic rings. The van der Waals surface area contributed by atoms with Gasteiger partial charge in [0, 0.05) is 22.0 Å². The molecular formula is C23H16ClN3S. The molecule has 0 aromatic heterocycles. The lowest BCUT2D eigenvalue weighted by atomic mass is 9.87. The summed E-state index contributed by atoms with van der Waals surface area (Å²) in [6.45, 7) is 0. The zero-order valence-electron chi connectivity index (χ0n) is 14.9. The fourth-order valence-electron chi connectivity index (χ4n) is 3.48. The SMILES string of the molecule is N#Cc1ccc(CC2(C#N)Sc3ccccc3NC2c2ccc(Cl)cc2)cc1. The van der Waals surface area contributed by atoms with Gasteiger partial charge in [-0.15, -0.1) is 0 Å². The molecule has 3 nitrogen and oxygen atoms in total. The van der Waals surface area contributed by atoms with Gasteiger partial charge in [0.1, 0.15) is 4.75 Å². The van der Waals surface area contributed by atoms with Crippen LogP contribution in [0.1, 0.15) is 22.7 Å². The number of hydrogen-bond acceptors (Lipinski definition) is 4. The maximum absolute atomic E-state index is 10.3. The Kier molecular flexibility index (Phi) is 5.01. The van der Waals surface area contributed by atoms with Crippen LogP contribution in [0.5, 0.6) is 0 Å². The highest BCUT2D eigenvalue weighted by atomic mass is 35.5. The lowest BCUT2D eigenvalue weighted by molar-refractivity contribution is 0.601. The molecule has 1 aliphatic heterocycles. The number of thioether (sulfide) groups is 1. The number of halogens is 1. The van der Waals surface area contributed by atoms with Crippen molar-refractivity contribution in [2.24, 2.45) is 0 Å². The van der Waals surface area contributed by atoms with E-state index in [0.29, 0.717) is 17.0 Å². The first-order valence-corrected chi connectivity index (χ1v) is 10.0. The van der Waals surface area contributed by atoms with E-state index in [1.54, 1.807) is 23.9 Å². The fourth-order valence-corrected chi connectivity index (χ4v) is 4.97. The molecule has 28 heavy (non-hydrogen) atoms. The van der Waals surface area contributed by atoms with Gasteiger partial charge < -0.3 is 5.32 Å². The van der Waals surface area contributed by atoms with Gasteiger partial charge in [0.2, 0.25) is 0 Å². The maximum atomic E-state index is 10.3. The van der Waals surface area contributed by atoms with Gasteiger partial charge in [-0.1, -0.05) is 59.8 Å². The molecule has 0 saturated heterocycles. The first-order valence-electron chi connectivity index (χ1n) is 8.84. The summed E-state index contributed by atoms with van der Waals surface area (Å²) in [5.74, 6) is 0. The van der Waals surface area contributed by atoms with E-state index in [4.69, 9.17) is 16.9 Å². The number of para-hydroxylation sites is 1. The van der Waals surface area contributed by atoms with Crippen molar-refractivity contribution in [3.63, 3.8) is 0 Å². The summed E-state index contributed by atoms with van der Waals surface area (Å²) in [7, 11) is 0. The lowest BCUT2D eigenvalue weighted by Gasteiger charge is -2.40. The van der Waals surface area contributed by atoms with Crippen molar-refractivity contribution >= 4 is 29.1 Å². The zero-order chi connectivity index (χ0) is 19.6. The number of nitrogens with one attached hydrogen (secondary N) is 1. The average molecular weight is 402 g/mol. The molecule has 1 heterocycles. The second kappa shape index (κ2) is 7.60. The third kappa shape index (κ3) is 3.45.